The number of nitrogens with zero attached hydrogens (tertiary/aromatic N) is 2. The number of rotatable bonds is 4. The Balaban J connectivity index is 1.87. The van der Waals surface area contributed by atoms with Crippen molar-refractivity contribution >= 4 is 23.3 Å². The Bertz CT molecular complexity index is 555. The molecule has 18 heavy (non-hydrogen) atoms. The maximum absolute atomic E-state index is 11.6. The van der Waals surface area contributed by atoms with Crippen molar-refractivity contribution in [3.63, 3.8) is 0 Å². The van der Waals surface area contributed by atoms with Crippen LogP contribution in [-0.4, -0.2) is 15.5 Å². The first-order valence-corrected chi connectivity index (χ1v) is 6.56. The third-order valence-electron chi connectivity index (χ3n) is 2.78. The Morgan fingerprint density at radius 3 is 3.00 bits per heavy atom. The van der Waals surface area contributed by atoms with E-state index in [0.29, 0.717) is 6.54 Å². The van der Waals surface area contributed by atoms with Gasteiger partial charge in [0.25, 0.3) is 0 Å². The van der Waals surface area contributed by atoms with Crippen LogP contribution in [0.5, 0.6) is 0 Å². The molecule has 94 valence electrons. The zero-order valence-corrected chi connectivity index (χ0v) is 11.2. The van der Waals surface area contributed by atoms with Crippen molar-refractivity contribution in [3.8, 4) is 0 Å². The molecule has 0 radical (unpaired) electrons. The molecule has 4 nitrogen and oxygen atoms in total. The van der Waals surface area contributed by atoms with E-state index in [0.717, 1.165) is 11.4 Å². The zero-order chi connectivity index (χ0) is 13.0. The van der Waals surface area contributed by atoms with Crippen LogP contribution in [0.25, 0.3) is 6.08 Å². The summed E-state index contributed by atoms with van der Waals surface area (Å²) in [5.74, 6) is -0.109. The van der Waals surface area contributed by atoms with Gasteiger partial charge >= 0.3 is 0 Å². The summed E-state index contributed by atoms with van der Waals surface area (Å²) in [5, 5.41) is 4.74. The minimum absolute atomic E-state index is 0.109. The van der Waals surface area contributed by atoms with Gasteiger partial charge in [-0.05, 0) is 25.1 Å². The van der Waals surface area contributed by atoms with Crippen LogP contribution in [0.1, 0.15) is 17.1 Å². The Morgan fingerprint density at radius 1 is 1.56 bits per heavy atom. The van der Waals surface area contributed by atoms with Gasteiger partial charge in [-0.3, -0.25) is 4.79 Å². The quantitative estimate of drug-likeness (QED) is 0.857. The Morgan fingerprint density at radius 2 is 2.39 bits per heavy atom. The lowest BCUT2D eigenvalue weighted by molar-refractivity contribution is -0.116. The predicted molar refractivity (Wildman–Crippen MR) is 73.1 cm³/mol. The second-order valence-corrected chi connectivity index (χ2v) is 4.71. The van der Waals surface area contributed by atoms with Crippen molar-refractivity contribution < 1.29 is 4.79 Å². The number of nitrogens with one attached hydrogen (secondary N) is 1. The number of hydrogen-bond acceptors (Lipinski definition) is 3. The first-order valence-electron chi connectivity index (χ1n) is 5.62. The molecule has 0 bridgehead atoms. The van der Waals surface area contributed by atoms with Gasteiger partial charge in [-0.2, -0.15) is 0 Å². The second-order valence-electron chi connectivity index (χ2n) is 3.99. The Kier molecular flexibility index (Phi) is 3.94. The molecule has 0 unspecified atom stereocenters. The highest BCUT2D eigenvalue weighted by atomic mass is 32.1. The smallest absolute Gasteiger partial charge is 0.244 e. The average Bonchev–Trinajstić information content (AvgIpc) is 2.97. The van der Waals surface area contributed by atoms with Crippen LogP contribution in [0.3, 0.4) is 0 Å². The molecule has 0 aromatic carbocycles. The number of carbonyl (C=O) groups excluding carboxylic acids is 1. The lowest BCUT2D eigenvalue weighted by atomic mass is 10.3. The van der Waals surface area contributed by atoms with Crippen molar-refractivity contribution in [2.24, 2.45) is 7.05 Å². The molecule has 1 amide bonds. The van der Waals surface area contributed by atoms with Gasteiger partial charge in [-0.15, -0.1) is 11.3 Å². The van der Waals surface area contributed by atoms with Gasteiger partial charge in [-0.25, -0.2) is 4.98 Å². The van der Waals surface area contributed by atoms with Gasteiger partial charge in [-0.1, -0.05) is 0 Å². The molecule has 0 saturated carbocycles. The summed E-state index contributed by atoms with van der Waals surface area (Å²) in [7, 11) is 1.99. The fourth-order valence-corrected chi connectivity index (χ4v) is 2.07. The molecule has 1 N–H and O–H groups in total. The topological polar surface area (TPSA) is 46.9 Å². The van der Waals surface area contributed by atoms with E-state index in [-0.39, 0.29) is 5.91 Å². The number of carbonyl (C=O) groups is 1. The standard InChI is InChI=1S/C13H15N3OS/c1-10-3-5-12(16(10)2)7-14-13(17)6-4-11-8-18-9-15-11/h3-6,8-9H,7H2,1-2H3,(H,14,17). The van der Waals surface area contributed by atoms with Crippen molar-refractivity contribution in [1.29, 1.82) is 0 Å². The lowest BCUT2D eigenvalue weighted by Gasteiger charge is -2.05. The molecule has 2 rings (SSSR count). The molecule has 0 spiro atoms. The Hall–Kier alpha value is -1.88. The molecule has 2 heterocycles. The summed E-state index contributed by atoms with van der Waals surface area (Å²) in [6.07, 6.45) is 3.22. The highest BCUT2D eigenvalue weighted by Gasteiger charge is 2.02. The molecule has 5 heteroatoms. The maximum atomic E-state index is 11.6. The predicted octanol–water partition coefficient (Wildman–Crippen LogP) is 2.12. The van der Waals surface area contributed by atoms with E-state index in [1.807, 2.05) is 31.5 Å². The summed E-state index contributed by atoms with van der Waals surface area (Å²) in [4.78, 5) is 15.7. The van der Waals surface area contributed by atoms with E-state index in [9.17, 15) is 4.79 Å². The van der Waals surface area contributed by atoms with E-state index in [4.69, 9.17) is 0 Å². The zero-order valence-electron chi connectivity index (χ0n) is 10.4. The molecule has 0 aliphatic rings. The first-order chi connectivity index (χ1) is 8.66. The van der Waals surface area contributed by atoms with Gasteiger partial charge in [0.15, 0.2) is 0 Å². The van der Waals surface area contributed by atoms with Gasteiger partial charge in [0.2, 0.25) is 5.91 Å². The highest BCUT2D eigenvalue weighted by molar-refractivity contribution is 7.07. The third-order valence-corrected chi connectivity index (χ3v) is 3.38. The van der Waals surface area contributed by atoms with Crippen molar-refractivity contribution in [3.05, 3.63) is 46.2 Å². The Labute approximate surface area is 110 Å². The van der Waals surface area contributed by atoms with Gasteiger partial charge in [0.05, 0.1) is 17.7 Å². The summed E-state index contributed by atoms with van der Waals surface area (Å²) < 4.78 is 2.06. The number of hydrogen-bond donors (Lipinski definition) is 1. The maximum Gasteiger partial charge on any atom is 0.244 e. The van der Waals surface area contributed by atoms with Crippen LogP contribution in [0.15, 0.2) is 29.1 Å². The molecule has 0 atom stereocenters. The minimum atomic E-state index is -0.109. The molecule has 0 aliphatic carbocycles. The summed E-state index contributed by atoms with van der Waals surface area (Å²) in [6, 6.07) is 4.05. The number of aromatic nitrogens is 2. The van der Waals surface area contributed by atoms with Crippen molar-refractivity contribution in [1.82, 2.24) is 14.9 Å². The normalized spacial score (nSPS) is 11.0. The molecule has 0 saturated heterocycles. The second kappa shape index (κ2) is 5.64. The van der Waals surface area contributed by atoms with Gasteiger partial charge < -0.3 is 9.88 Å². The SMILES string of the molecule is Cc1ccc(CNC(=O)C=Cc2cscn2)n1C. The monoisotopic (exact) mass is 261 g/mol. The largest absolute Gasteiger partial charge is 0.350 e. The number of thiazole rings is 1. The van der Waals surface area contributed by atoms with E-state index >= 15 is 0 Å². The van der Waals surface area contributed by atoms with E-state index < -0.39 is 0 Å². The molecule has 0 fully saturated rings. The van der Waals surface area contributed by atoms with Crippen LogP contribution in [0.2, 0.25) is 0 Å². The lowest BCUT2D eigenvalue weighted by Crippen LogP contribution is -2.21. The van der Waals surface area contributed by atoms with E-state index in [1.54, 1.807) is 11.6 Å². The highest BCUT2D eigenvalue weighted by Crippen LogP contribution is 2.05. The van der Waals surface area contributed by atoms with Crippen LogP contribution in [0.4, 0.5) is 0 Å². The van der Waals surface area contributed by atoms with Crippen LogP contribution in [-0.2, 0) is 18.4 Å². The molecule has 0 aliphatic heterocycles. The fraction of sp³-hybridized carbons (Fsp3) is 0.231. The van der Waals surface area contributed by atoms with Crippen molar-refractivity contribution in [2.75, 3.05) is 0 Å². The summed E-state index contributed by atoms with van der Waals surface area (Å²) in [5.41, 5.74) is 4.81. The van der Waals surface area contributed by atoms with Gasteiger partial charge in [0.1, 0.15) is 0 Å². The van der Waals surface area contributed by atoms with Crippen LogP contribution >= 0.6 is 11.3 Å². The van der Waals surface area contributed by atoms with Crippen molar-refractivity contribution in [2.45, 2.75) is 13.5 Å². The number of amides is 1. The van der Waals surface area contributed by atoms with Crippen LogP contribution in [0, 0.1) is 6.92 Å². The first kappa shape index (κ1) is 12.6. The molecular formula is C13H15N3OS. The van der Waals surface area contributed by atoms with E-state index in [2.05, 4.69) is 14.9 Å². The van der Waals surface area contributed by atoms with Crippen LogP contribution < -0.4 is 5.32 Å². The summed E-state index contributed by atoms with van der Waals surface area (Å²) >= 11 is 1.51. The fourth-order valence-electron chi connectivity index (χ4n) is 1.55. The van der Waals surface area contributed by atoms with E-state index in [1.165, 1.54) is 23.1 Å². The third kappa shape index (κ3) is 3.07. The summed E-state index contributed by atoms with van der Waals surface area (Å²) in [6.45, 7) is 2.57. The molecule has 2 aromatic heterocycles. The average molecular weight is 261 g/mol. The minimum Gasteiger partial charge on any atom is -0.350 e. The van der Waals surface area contributed by atoms with Gasteiger partial charge in [0, 0.05) is 29.9 Å². The number of aryl methyl sites for hydroxylation is 1. The molecular weight excluding hydrogens is 246 g/mol. The molecule has 2 aromatic rings.